The molecule has 6 heteroatoms. The maximum Gasteiger partial charge on any atom is 0.282 e. The molecule has 2 aliphatic heterocycles. The summed E-state index contributed by atoms with van der Waals surface area (Å²) in [6, 6.07) is 15.3. The van der Waals surface area contributed by atoms with Crippen molar-refractivity contribution in [3.63, 3.8) is 0 Å². The maximum absolute atomic E-state index is 13.8. The number of anilines is 1. The summed E-state index contributed by atoms with van der Waals surface area (Å²) in [6.07, 6.45) is 1.91. The molecule has 1 saturated heterocycles. The van der Waals surface area contributed by atoms with E-state index >= 15 is 0 Å². The van der Waals surface area contributed by atoms with E-state index in [0.717, 1.165) is 31.5 Å². The highest BCUT2D eigenvalue weighted by molar-refractivity contribution is 6.45. The summed E-state index contributed by atoms with van der Waals surface area (Å²) in [5, 5.41) is 0. The van der Waals surface area contributed by atoms with Gasteiger partial charge in [-0.1, -0.05) is 38.1 Å². The fourth-order valence-electron chi connectivity index (χ4n) is 4.67. The van der Waals surface area contributed by atoms with Crippen LogP contribution in [0.1, 0.15) is 43.7 Å². The van der Waals surface area contributed by atoms with Gasteiger partial charge in [-0.3, -0.25) is 9.59 Å². The molecular weight excluding hydrogens is 414 g/mol. The fourth-order valence-corrected chi connectivity index (χ4v) is 4.67. The smallest absolute Gasteiger partial charge is 0.282 e. The number of hydrogen-bond acceptors (Lipinski definition) is 5. The predicted molar refractivity (Wildman–Crippen MR) is 131 cm³/mol. The van der Waals surface area contributed by atoms with Crippen molar-refractivity contribution in [2.45, 2.75) is 38.6 Å². The largest absolute Gasteiger partial charge is 0.497 e. The molecule has 1 fully saturated rings. The Balaban J connectivity index is 1.75. The molecule has 2 aliphatic rings. The summed E-state index contributed by atoms with van der Waals surface area (Å²) in [4.78, 5) is 33.1. The molecule has 2 heterocycles. The molecule has 0 aliphatic carbocycles. The van der Waals surface area contributed by atoms with Gasteiger partial charge in [-0.2, -0.15) is 0 Å². The van der Waals surface area contributed by atoms with Crippen LogP contribution < -0.4 is 9.64 Å². The van der Waals surface area contributed by atoms with E-state index < -0.39 is 0 Å². The number of hydrogen-bond donors (Lipinski definition) is 0. The first-order valence-corrected chi connectivity index (χ1v) is 11.6. The molecule has 0 radical (unpaired) electrons. The number of ether oxygens (including phenoxy) is 1. The first-order valence-electron chi connectivity index (χ1n) is 11.6. The first-order chi connectivity index (χ1) is 15.8. The number of carbonyl (C=O) groups excluding carboxylic acids is 2. The Labute approximate surface area is 196 Å². The van der Waals surface area contributed by atoms with Crippen LogP contribution in [0.15, 0.2) is 54.2 Å². The minimum Gasteiger partial charge on any atom is -0.497 e. The lowest BCUT2D eigenvalue weighted by Gasteiger charge is -2.36. The second kappa shape index (κ2) is 9.40. The molecule has 0 unspecified atom stereocenters. The average Bonchev–Trinajstić information content (AvgIpc) is 3.09. The van der Waals surface area contributed by atoms with Crippen molar-refractivity contribution in [3.05, 3.63) is 65.4 Å². The van der Waals surface area contributed by atoms with E-state index in [2.05, 4.69) is 25.8 Å². The Kier molecular flexibility index (Phi) is 6.56. The molecule has 2 aromatic carbocycles. The highest BCUT2D eigenvalue weighted by atomic mass is 16.5. The van der Waals surface area contributed by atoms with E-state index in [4.69, 9.17) is 4.74 Å². The number of likely N-dealkylation sites (N-methyl/N-ethyl adjacent to an activating group) is 1. The van der Waals surface area contributed by atoms with Crippen molar-refractivity contribution in [1.82, 2.24) is 9.80 Å². The summed E-state index contributed by atoms with van der Waals surface area (Å²) in [5.41, 5.74) is 3.44. The zero-order chi connectivity index (χ0) is 23.7. The van der Waals surface area contributed by atoms with Crippen molar-refractivity contribution in [3.8, 4) is 5.75 Å². The standard InChI is InChI=1S/C27H33N3O3/c1-18(2)19-6-10-22(11-7-19)30-26(31)24(20-8-12-23(33-5)13-9-20)25(27(30)32)29(4)21-14-16-28(3)17-15-21/h6-13,18,21H,14-17H2,1-5H3. The van der Waals surface area contributed by atoms with Crippen LogP contribution in [-0.2, 0) is 9.59 Å². The molecule has 0 atom stereocenters. The van der Waals surface area contributed by atoms with Gasteiger partial charge in [-0.15, -0.1) is 0 Å². The van der Waals surface area contributed by atoms with Crippen molar-refractivity contribution >= 4 is 23.1 Å². The predicted octanol–water partition coefficient (Wildman–Crippen LogP) is 4.13. The van der Waals surface area contributed by atoms with Gasteiger partial charge in [0.1, 0.15) is 11.4 Å². The summed E-state index contributed by atoms with van der Waals surface area (Å²) >= 11 is 0. The quantitative estimate of drug-likeness (QED) is 0.624. The average molecular weight is 448 g/mol. The van der Waals surface area contributed by atoms with E-state index in [0.29, 0.717) is 28.6 Å². The number of nitrogens with zero attached hydrogens (tertiary/aromatic N) is 3. The molecule has 2 amide bonds. The van der Waals surface area contributed by atoms with Gasteiger partial charge in [0.2, 0.25) is 0 Å². The lowest BCUT2D eigenvalue weighted by molar-refractivity contribution is -0.120. The van der Waals surface area contributed by atoms with Gasteiger partial charge >= 0.3 is 0 Å². The van der Waals surface area contributed by atoms with E-state index in [9.17, 15) is 9.59 Å². The molecule has 0 aromatic heterocycles. The summed E-state index contributed by atoms with van der Waals surface area (Å²) in [7, 11) is 5.68. The van der Waals surface area contributed by atoms with Gasteiger partial charge in [0.25, 0.3) is 11.8 Å². The normalized spacial score (nSPS) is 17.9. The van der Waals surface area contributed by atoms with Crippen LogP contribution in [0.5, 0.6) is 5.75 Å². The highest BCUT2D eigenvalue weighted by Gasteiger charge is 2.43. The van der Waals surface area contributed by atoms with Gasteiger partial charge in [-0.05, 0) is 74.3 Å². The molecule has 0 spiro atoms. The topological polar surface area (TPSA) is 53.1 Å². The third-order valence-electron chi connectivity index (χ3n) is 6.84. The highest BCUT2D eigenvalue weighted by Crippen LogP contribution is 2.37. The number of methoxy groups -OCH3 is 1. The number of rotatable bonds is 6. The maximum atomic E-state index is 13.8. The molecule has 174 valence electrons. The third kappa shape index (κ3) is 4.40. The van der Waals surface area contributed by atoms with E-state index in [-0.39, 0.29) is 17.9 Å². The number of benzene rings is 2. The van der Waals surface area contributed by atoms with Crippen LogP contribution in [0.2, 0.25) is 0 Å². The number of carbonyl (C=O) groups is 2. The van der Waals surface area contributed by atoms with Crippen molar-refractivity contribution < 1.29 is 14.3 Å². The minimum absolute atomic E-state index is 0.212. The Hall–Kier alpha value is -3.12. The van der Waals surface area contributed by atoms with Gasteiger partial charge < -0.3 is 14.5 Å². The van der Waals surface area contributed by atoms with Crippen LogP contribution >= 0.6 is 0 Å². The summed E-state index contributed by atoms with van der Waals surface area (Å²) in [6.45, 7) is 6.20. The SMILES string of the molecule is COc1ccc(C2=C(N(C)C3CCN(C)CC3)C(=O)N(c3ccc(C(C)C)cc3)C2=O)cc1. The number of likely N-dealkylation sites (tertiary alicyclic amines) is 1. The third-order valence-corrected chi connectivity index (χ3v) is 6.84. The molecule has 0 bridgehead atoms. The van der Waals surface area contributed by atoms with Crippen LogP contribution in [0, 0.1) is 0 Å². The second-order valence-corrected chi connectivity index (χ2v) is 9.29. The minimum atomic E-state index is -0.280. The molecule has 33 heavy (non-hydrogen) atoms. The molecular formula is C27H33N3O3. The van der Waals surface area contributed by atoms with Crippen LogP contribution in [0.25, 0.3) is 5.57 Å². The molecule has 2 aromatic rings. The number of imide groups is 1. The fraction of sp³-hybridized carbons (Fsp3) is 0.407. The van der Waals surface area contributed by atoms with E-state index in [1.165, 1.54) is 10.5 Å². The Bertz CT molecular complexity index is 1050. The lowest BCUT2D eigenvalue weighted by atomic mass is 10.00. The van der Waals surface area contributed by atoms with Gasteiger partial charge in [0.15, 0.2) is 0 Å². The summed E-state index contributed by atoms with van der Waals surface area (Å²) in [5.74, 6) is 0.549. The molecule has 6 nitrogen and oxygen atoms in total. The van der Waals surface area contributed by atoms with Gasteiger partial charge in [-0.25, -0.2) is 4.90 Å². The Morgan fingerprint density at radius 2 is 1.55 bits per heavy atom. The zero-order valence-corrected chi connectivity index (χ0v) is 20.2. The van der Waals surface area contributed by atoms with Crippen molar-refractivity contribution in [2.75, 3.05) is 39.2 Å². The Morgan fingerprint density at radius 1 is 0.939 bits per heavy atom. The van der Waals surface area contributed by atoms with Crippen LogP contribution in [-0.4, -0.2) is 62.0 Å². The molecule has 0 N–H and O–H groups in total. The monoisotopic (exact) mass is 447 g/mol. The molecule has 0 saturated carbocycles. The van der Waals surface area contributed by atoms with Crippen LogP contribution in [0.4, 0.5) is 5.69 Å². The lowest BCUT2D eigenvalue weighted by Crippen LogP contribution is -2.43. The van der Waals surface area contributed by atoms with E-state index in [1.54, 1.807) is 7.11 Å². The number of piperidine rings is 1. The number of amides is 2. The van der Waals surface area contributed by atoms with Gasteiger partial charge in [0.05, 0.1) is 18.4 Å². The van der Waals surface area contributed by atoms with Crippen molar-refractivity contribution in [2.24, 2.45) is 0 Å². The zero-order valence-electron chi connectivity index (χ0n) is 20.2. The van der Waals surface area contributed by atoms with Crippen molar-refractivity contribution in [1.29, 1.82) is 0 Å². The van der Waals surface area contributed by atoms with Crippen LogP contribution in [0.3, 0.4) is 0 Å². The Morgan fingerprint density at radius 3 is 2.09 bits per heavy atom. The molecule has 4 rings (SSSR count). The van der Waals surface area contributed by atoms with E-state index in [1.807, 2.05) is 60.5 Å². The second-order valence-electron chi connectivity index (χ2n) is 9.29. The summed E-state index contributed by atoms with van der Waals surface area (Å²) < 4.78 is 5.29. The van der Waals surface area contributed by atoms with Gasteiger partial charge in [0, 0.05) is 13.1 Å². The first kappa shape index (κ1) is 23.1.